The molecule has 0 saturated heterocycles. The number of nitrogens with two attached hydrogens (primary N) is 1. The summed E-state index contributed by atoms with van der Waals surface area (Å²) < 4.78 is 5.86. The van der Waals surface area contributed by atoms with Gasteiger partial charge in [0.05, 0.1) is 5.02 Å². The van der Waals surface area contributed by atoms with Crippen molar-refractivity contribution in [2.75, 3.05) is 5.73 Å². The third-order valence-electron chi connectivity index (χ3n) is 1.61. The number of aromatic nitrogens is 2. The van der Waals surface area contributed by atoms with Gasteiger partial charge in [0.25, 0.3) is 0 Å². The van der Waals surface area contributed by atoms with Crippen LogP contribution in [0.3, 0.4) is 0 Å². The van der Waals surface area contributed by atoms with E-state index in [2.05, 4.69) is 26.1 Å². The zero-order valence-electron chi connectivity index (χ0n) is 6.87. The summed E-state index contributed by atoms with van der Waals surface area (Å²) in [6.45, 7) is 0. The van der Waals surface area contributed by atoms with Crippen LogP contribution in [0.1, 0.15) is 0 Å². The molecule has 0 atom stereocenters. The molecule has 0 saturated carbocycles. The highest BCUT2D eigenvalue weighted by Crippen LogP contribution is 2.28. The predicted octanol–water partition coefficient (Wildman–Crippen LogP) is 2.73. The Bertz CT molecular complexity index is 471. The molecule has 0 amide bonds. The van der Waals surface area contributed by atoms with Gasteiger partial charge in [-0.1, -0.05) is 16.7 Å². The third-order valence-corrected chi connectivity index (χ3v) is 2.84. The van der Waals surface area contributed by atoms with Gasteiger partial charge in [-0.2, -0.15) is 0 Å². The van der Waals surface area contributed by atoms with Gasteiger partial charge in [0.1, 0.15) is 0 Å². The Hall–Kier alpha value is -1.07. The Labute approximate surface area is 93.2 Å². The SMILES string of the molecule is Nc1nnc(-c2ccc(Br)c(Cl)c2)o1. The standard InChI is InChI=1S/C8H5BrClN3O/c9-5-2-1-4(3-6(5)10)7-12-13-8(11)14-7/h1-3H,(H2,11,13). The monoisotopic (exact) mass is 273 g/mol. The zero-order chi connectivity index (χ0) is 10.1. The molecule has 0 aliphatic carbocycles. The average molecular weight is 275 g/mol. The molecule has 2 aromatic rings. The summed E-state index contributed by atoms with van der Waals surface area (Å²) in [6, 6.07) is 5.37. The third kappa shape index (κ3) is 1.73. The second kappa shape index (κ2) is 3.59. The number of benzene rings is 1. The second-order valence-electron chi connectivity index (χ2n) is 2.57. The van der Waals surface area contributed by atoms with Crippen LogP contribution in [0.2, 0.25) is 5.02 Å². The number of hydrogen-bond acceptors (Lipinski definition) is 4. The van der Waals surface area contributed by atoms with E-state index in [-0.39, 0.29) is 6.01 Å². The van der Waals surface area contributed by atoms with Crippen molar-refractivity contribution in [3.63, 3.8) is 0 Å². The Morgan fingerprint density at radius 1 is 1.36 bits per heavy atom. The lowest BCUT2D eigenvalue weighted by Crippen LogP contribution is -1.81. The highest BCUT2D eigenvalue weighted by atomic mass is 79.9. The predicted molar refractivity (Wildman–Crippen MR) is 56.9 cm³/mol. The fourth-order valence-corrected chi connectivity index (χ4v) is 1.41. The Kier molecular flexibility index (Phi) is 2.43. The molecular formula is C8H5BrClN3O. The van der Waals surface area contributed by atoms with Crippen LogP contribution >= 0.6 is 27.5 Å². The van der Waals surface area contributed by atoms with Crippen LogP contribution in [0.4, 0.5) is 6.01 Å². The minimum Gasteiger partial charge on any atom is -0.404 e. The van der Waals surface area contributed by atoms with Gasteiger partial charge in [0, 0.05) is 10.0 Å². The molecule has 4 nitrogen and oxygen atoms in total. The van der Waals surface area contributed by atoms with Crippen molar-refractivity contribution in [3.05, 3.63) is 27.7 Å². The average Bonchev–Trinajstić information content (AvgIpc) is 2.57. The topological polar surface area (TPSA) is 64.9 Å². The van der Waals surface area contributed by atoms with E-state index in [1.54, 1.807) is 12.1 Å². The van der Waals surface area contributed by atoms with Gasteiger partial charge in [-0.3, -0.25) is 0 Å². The smallest absolute Gasteiger partial charge is 0.313 e. The van der Waals surface area contributed by atoms with E-state index in [4.69, 9.17) is 21.8 Å². The lowest BCUT2D eigenvalue weighted by atomic mass is 10.2. The first-order valence-electron chi connectivity index (χ1n) is 3.71. The lowest BCUT2D eigenvalue weighted by molar-refractivity contribution is 0.590. The molecule has 0 bridgehead atoms. The van der Waals surface area contributed by atoms with E-state index in [1.165, 1.54) is 0 Å². The van der Waals surface area contributed by atoms with Gasteiger partial charge in [-0.15, -0.1) is 5.10 Å². The van der Waals surface area contributed by atoms with Crippen molar-refractivity contribution >= 4 is 33.5 Å². The molecular weight excluding hydrogens is 269 g/mol. The first-order valence-corrected chi connectivity index (χ1v) is 4.88. The summed E-state index contributed by atoms with van der Waals surface area (Å²) in [5.74, 6) is 0.358. The number of hydrogen-bond donors (Lipinski definition) is 1. The normalized spacial score (nSPS) is 10.4. The maximum absolute atomic E-state index is 5.90. The summed E-state index contributed by atoms with van der Waals surface area (Å²) in [6.07, 6.45) is 0. The lowest BCUT2D eigenvalue weighted by Gasteiger charge is -1.97. The first-order chi connectivity index (χ1) is 6.66. The minimum atomic E-state index is 0.0408. The molecule has 1 aromatic carbocycles. The highest BCUT2D eigenvalue weighted by Gasteiger charge is 2.07. The van der Waals surface area contributed by atoms with Crippen LogP contribution in [0, 0.1) is 0 Å². The number of rotatable bonds is 1. The largest absolute Gasteiger partial charge is 0.404 e. The molecule has 0 aliphatic rings. The van der Waals surface area contributed by atoms with E-state index in [9.17, 15) is 0 Å². The first kappa shape index (κ1) is 9.48. The van der Waals surface area contributed by atoms with Crippen molar-refractivity contribution in [2.24, 2.45) is 0 Å². The van der Waals surface area contributed by atoms with Gasteiger partial charge in [0.15, 0.2) is 0 Å². The maximum Gasteiger partial charge on any atom is 0.313 e. The van der Waals surface area contributed by atoms with Crippen molar-refractivity contribution < 1.29 is 4.42 Å². The maximum atomic E-state index is 5.90. The van der Waals surface area contributed by atoms with Crippen molar-refractivity contribution in [3.8, 4) is 11.5 Å². The van der Waals surface area contributed by atoms with Crippen LogP contribution in [-0.4, -0.2) is 10.2 Å². The van der Waals surface area contributed by atoms with E-state index in [0.717, 1.165) is 10.0 Å². The Morgan fingerprint density at radius 2 is 2.14 bits per heavy atom. The van der Waals surface area contributed by atoms with Crippen molar-refractivity contribution in [2.45, 2.75) is 0 Å². The van der Waals surface area contributed by atoms with Crippen molar-refractivity contribution in [1.82, 2.24) is 10.2 Å². The molecule has 1 heterocycles. The molecule has 6 heteroatoms. The minimum absolute atomic E-state index is 0.0408. The summed E-state index contributed by atoms with van der Waals surface area (Å²) in [4.78, 5) is 0. The summed E-state index contributed by atoms with van der Waals surface area (Å²) in [7, 11) is 0. The molecule has 72 valence electrons. The van der Waals surface area contributed by atoms with Crippen LogP contribution in [0.25, 0.3) is 11.5 Å². The van der Waals surface area contributed by atoms with Crippen LogP contribution in [0.5, 0.6) is 0 Å². The molecule has 0 fully saturated rings. The second-order valence-corrected chi connectivity index (χ2v) is 3.84. The molecule has 0 spiro atoms. The fourth-order valence-electron chi connectivity index (χ4n) is 0.980. The Morgan fingerprint density at radius 3 is 2.71 bits per heavy atom. The summed E-state index contributed by atoms with van der Waals surface area (Å²) in [5, 5.41) is 7.88. The van der Waals surface area contributed by atoms with E-state index in [0.29, 0.717) is 10.9 Å². The van der Waals surface area contributed by atoms with Crippen LogP contribution < -0.4 is 5.73 Å². The van der Waals surface area contributed by atoms with Gasteiger partial charge in [-0.05, 0) is 34.1 Å². The van der Waals surface area contributed by atoms with Crippen LogP contribution in [-0.2, 0) is 0 Å². The van der Waals surface area contributed by atoms with E-state index in [1.807, 2.05) is 6.07 Å². The number of anilines is 1. The summed E-state index contributed by atoms with van der Waals surface area (Å²) in [5.41, 5.74) is 6.04. The van der Waals surface area contributed by atoms with E-state index < -0.39 is 0 Å². The van der Waals surface area contributed by atoms with Gasteiger partial charge >= 0.3 is 6.01 Å². The van der Waals surface area contributed by atoms with Gasteiger partial charge in [-0.25, -0.2) is 0 Å². The highest BCUT2D eigenvalue weighted by molar-refractivity contribution is 9.10. The molecule has 0 unspecified atom stereocenters. The Balaban J connectivity index is 2.47. The number of nitrogens with zero attached hydrogens (tertiary/aromatic N) is 2. The van der Waals surface area contributed by atoms with E-state index >= 15 is 0 Å². The fraction of sp³-hybridized carbons (Fsp3) is 0. The van der Waals surface area contributed by atoms with Gasteiger partial charge < -0.3 is 10.2 Å². The number of nitrogen functional groups attached to an aromatic ring is 1. The molecule has 0 aliphatic heterocycles. The quantitative estimate of drug-likeness (QED) is 0.868. The van der Waals surface area contributed by atoms with Crippen LogP contribution in [0.15, 0.2) is 27.1 Å². The summed E-state index contributed by atoms with van der Waals surface area (Å²) >= 11 is 9.19. The molecule has 2 N–H and O–H groups in total. The molecule has 2 rings (SSSR count). The molecule has 1 aromatic heterocycles. The van der Waals surface area contributed by atoms with Crippen molar-refractivity contribution in [1.29, 1.82) is 0 Å². The van der Waals surface area contributed by atoms with Gasteiger partial charge in [0.2, 0.25) is 5.89 Å². The molecule has 14 heavy (non-hydrogen) atoms. The molecule has 0 radical (unpaired) electrons. The zero-order valence-corrected chi connectivity index (χ0v) is 9.21. The number of halogens is 2.